The zero-order valence-electron chi connectivity index (χ0n) is 12.8. The average molecular weight is 315 g/mol. The zero-order valence-corrected chi connectivity index (χ0v) is 13.6. The number of carboxylic acid groups (broad SMARTS) is 1. The van der Waals surface area contributed by atoms with Crippen LogP contribution in [0.3, 0.4) is 0 Å². The first kappa shape index (κ1) is 16.4. The number of aliphatic carboxylic acids is 1. The second-order valence-corrected chi connectivity index (χ2v) is 7.21. The predicted molar refractivity (Wildman–Crippen MR) is 83.7 cm³/mol. The molecule has 0 spiro atoms. The SMILES string of the molecule is CSC1(CNC(=O)N2CCN(C(C)C(=O)O)CC2)CCC1. The van der Waals surface area contributed by atoms with Crippen LogP contribution in [0.4, 0.5) is 4.79 Å². The highest BCUT2D eigenvalue weighted by molar-refractivity contribution is 8.00. The van der Waals surface area contributed by atoms with Crippen molar-refractivity contribution in [1.29, 1.82) is 0 Å². The van der Waals surface area contributed by atoms with E-state index in [0.717, 1.165) is 6.54 Å². The van der Waals surface area contributed by atoms with Gasteiger partial charge in [0, 0.05) is 37.5 Å². The molecule has 21 heavy (non-hydrogen) atoms. The normalized spacial score (nSPS) is 23.2. The van der Waals surface area contributed by atoms with Crippen LogP contribution in [0.2, 0.25) is 0 Å². The van der Waals surface area contributed by atoms with Crippen molar-refractivity contribution in [2.75, 3.05) is 39.0 Å². The van der Waals surface area contributed by atoms with Crippen molar-refractivity contribution < 1.29 is 14.7 Å². The molecule has 0 aromatic rings. The summed E-state index contributed by atoms with van der Waals surface area (Å²) >= 11 is 1.85. The molecular weight excluding hydrogens is 290 g/mol. The molecule has 1 unspecified atom stereocenters. The monoisotopic (exact) mass is 315 g/mol. The first-order chi connectivity index (χ1) is 9.97. The maximum Gasteiger partial charge on any atom is 0.320 e. The van der Waals surface area contributed by atoms with Gasteiger partial charge in [0.2, 0.25) is 0 Å². The van der Waals surface area contributed by atoms with Crippen molar-refractivity contribution in [1.82, 2.24) is 15.1 Å². The maximum atomic E-state index is 12.2. The fourth-order valence-electron chi connectivity index (χ4n) is 2.84. The molecule has 1 heterocycles. The van der Waals surface area contributed by atoms with Gasteiger partial charge in [0.25, 0.3) is 0 Å². The van der Waals surface area contributed by atoms with Gasteiger partial charge in [-0.3, -0.25) is 9.69 Å². The summed E-state index contributed by atoms with van der Waals surface area (Å²) in [6, 6.07) is -0.497. The van der Waals surface area contributed by atoms with E-state index in [1.54, 1.807) is 11.8 Å². The van der Waals surface area contributed by atoms with Gasteiger partial charge in [-0.2, -0.15) is 11.8 Å². The van der Waals surface area contributed by atoms with Crippen molar-refractivity contribution in [3.05, 3.63) is 0 Å². The van der Waals surface area contributed by atoms with E-state index in [4.69, 9.17) is 5.11 Å². The van der Waals surface area contributed by atoms with Crippen LogP contribution >= 0.6 is 11.8 Å². The number of nitrogens with one attached hydrogen (secondary N) is 1. The first-order valence-corrected chi connectivity index (χ1v) is 8.75. The number of carbonyl (C=O) groups is 2. The summed E-state index contributed by atoms with van der Waals surface area (Å²) in [5, 5.41) is 12.1. The Balaban J connectivity index is 1.74. The molecule has 2 rings (SSSR count). The van der Waals surface area contributed by atoms with Gasteiger partial charge in [-0.05, 0) is 26.0 Å². The Kier molecular flexibility index (Phi) is 5.37. The molecule has 0 radical (unpaired) electrons. The Morgan fingerprint density at radius 1 is 1.29 bits per heavy atom. The van der Waals surface area contributed by atoms with Gasteiger partial charge in [0.15, 0.2) is 0 Å². The number of thioether (sulfide) groups is 1. The highest BCUT2D eigenvalue weighted by Gasteiger charge is 2.37. The van der Waals surface area contributed by atoms with Gasteiger partial charge >= 0.3 is 12.0 Å². The topological polar surface area (TPSA) is 72.9 Å². The summed E-state index contributed by atoms with van der Waals surface area (Å²) in [4.78, 5) is 26.8. The number of urea groups is 1. The van der Waals surface area contributed by atoms with E-state index in [1.807, 2.05) is 16.7 Å². The van der Waals surface area contributed by atoms with Crippen LogP contribution in [-0.4, -0.2) is 76.7 Å². The minimum Gasteiger partial charge on any atom is -0.480 e. The Hall–Kier alpha value is -0.950. The number of amides is 2. The van der Waals surface area contributed by atoms with E-state index in [-0.39, 0.29) is 10.8 Å². The van der Waals surface area contributed by atoms with Crippen molar-refractivity contribution in [2.24, 2.45) is 0 Å². The third-order valence-electron chi connectivity index (χ3n) is 4.77. The Morgan fingerprint density at radius 2 is 1.90 bits per heavy atom. The van der Waals surface area contributed by atoms with Crippen molar-refractivity contribution in [2.45, 2.75) is 37.0 Å². The van der Waals surface area contributed by atoms with Crippen molar-refractivity contribution in [3.8, 4) is 0 Å². The molecule has 120 valence electrons. The number of carboxylic acids is 1. The summed E-state index contributed by atoms with van der Waals surface area (Å²) in [7, 11) is 0. The minimum absolute atomic E-state index is 0.0158. The first-order valence-electron chi connectivity index (χ1n) is 7.52. The summed E-state index contributed by atoms with van der Waals surface area (Å²) in [6.45, 7) is 4.85. The van der Waals surface area contributed by atoms with Crippen LogP contribution < -0.4 is 5.32 Å². The van der Waals surface area contributed by atoms with Gasteiger partial charge in [-0.15, -0.1) is 0 Å². The fourth-order valence-corrected chi connectivity index (χ4v) is 3.75. The molecular formula is C14H25N3O3S. The van der Waals surface area contributed by atoms with Crippen molar-refractivity contribution in [3.63, 3.8) is 0 Å². The molecule has 2 fully saturated rings. The maximum absolute atomic E-state index is 12.2. The van der Waals surface area contributed by atoms with E-state index in [2.05, 4.69) is 11.6 Å². The number of piperazine rings is 1. The quantitative estimate of drug-likeness (QED) is 0.794. The van der Waals surface area contributed by atoms with E-state index in [9.17, 15) is 9.59 Å². The number of nitrogens with zero attached hydrogens (tertiary/aromatic N) is 2. The number of hydrogen-bond acceptors (Lipinski definition) is 4. The molecule has 0 aromatic heterocycles. The van der Waals surface area contributed by atoms with Gasteiger partial charge in [-0.25, -0.2) is 4.79 Å². The average Bonchev–Trinajstić information content (AvgIpc) is 2.45. The lowest BCUT2D eigenvalue weighted by Gasteiger charge is -2.41. The molecule has 1 aliphatic heterocycles. The van der Waals surface area contributed by atoms with Gasteiger partial charge in [-0.1, -0.05) is 6.42 Å². The molecule has 0 bridgehead atoms. The van der Waals surface area contributed by atoms with Crippen LogP contribution in [0, 0.1) is 0 Å². The largest absolute Gasteiger partial charge is 0.480 e. The Bertz CT molecular complexity index is 387. The van der Waals surface area contributed by atoms with Crippen LogP contribution in [0.15, 0.2) is 0 Å². The molecule has 7 heteroatoms. The molecule has 2 amide bonds. The highest BCUT2D eigenvalue weighted by atomic mass is 32.2. The van der Waals surface area contributed by atoms with Gasteiger partial charge in [0.1, 0.15) is 6.04 Å². The summed E-state index contributed by atoms with van der Waals surface area (Å²) < 4.78 is 0.245. The molecule has 1 saturated heterocycles. The standard InChI is InChI=1S/C14H25N3O3S/c1-11(12(18)19)16-6-8-17(9-7-16)13(20)15-10-14(21-2)4-3-5-14/h11H,3-10H2,1-2H3,(H,15,20)(H,18,19). The Morgan fingerprint density at radius 3 is 2.33 bits per heavy atom. The van der Waals surface area contributed by atoms with Gasteiger partial charge in [0.05, 0.1) is 0 Å². The Labute approximate surface area is 130 Å². The lowest BCUT2D eigenvalue weighted by atomic mass is 9.84. The molecule has 2 aliphatic rings. The summed E-state index contributed by atoms with van der Waals surface area (Å²) in [6.07, 6.45) is 5.72. The van der Waals surface area contributed by atoms with E-state index < -0.39 is 12.0 Å². The third-order valence-corrected chi connectivity index (χ3v) is 6.18. The number of hydrogen-bond donors (Lipinski definition) is 2. The fraction of sp³-hybridized carbons (Fsp3) is 0.857. The van der Waals surface area contributed by atoms with E-state index >= 15 is 0 Å². The molecule has 0 aromatic carbocycles. The van der Waals surface area contributed by atoms with Crippen LogP contribution in [0.5, 0.6) is 0 Å². The summed E-state index contributed by atoms with van der Waals surface area (Å²) in [5.74, 6) is -0.806. The molecule has 1 saturated carbocycles. The minimum atomic E-state index is -0.806. The zero-order chi connectivity index (χ0) is 15.5. The highest BCUT2D eigenvalue weighted by Crippen LogP contribution is 2.42. The summed E-state index contributed by atoms with van der Waals surface area (Å²) in [5.41, 5.74) is 0. The third kappa shape index (κ3) is 3.83. The molecule has 6 nitrogen and oxygen atoms in total. The molecule has 1 aliphatic carbocycles. The van der Waals surface area contributed by atoms with Crippen LogP contribution in [-0.2, 0) is 4.79 Å². The predicted octanol–water partition coefficient (Wildman–Crippen LogP) is 1.07. The van der Waals surface area contributed by atoms with Crippen LogP contribution in [0.1, 0.15) is 26.2 Å². The lowest BCUT2D eigenvalue weighted by Crippen LogP contribution is -2.56. The molecule has 1 atom stereocenters. The van der Waals surface area contributed by atoms with E-state index in [1.165, 1.54) is 19.3 Å². The lowest BCUT2D eigenvalue weighted by molar-refractivity contribution is -0.143. The smallest absolute Gasteiger partial charge is 0.320 e. The van der Waals surface area contributed by atoms with Gasteiger partial charge < -0.3 is 15.3 Å². The second kappa shape index (κ2) is 6.87. The van der Waals surface area contributed by atoms with E-state index in [0.29, 0.717) is 26.2 Å². The number of carbonyl (C=O) groups excluding carboxylic acids is 1. The van der Waals surface area contributed by atoms with Crippen LogP contribution in [0.25, 0.3) is 0 Å². The molecule has 2 N–H and O–H groups in total. The van der Waals surface area contributed by atoms with Crippen molar-refractivity contribution >= 4 is 23.8 Å². The number of rotatable bonds is 5. The second-order valence-electron chi connectivity index (χ2n) is 5.94.